The maximum atomic E-state index is 5.51. The summed E-state index contributed by atoms with van der Waals surface area (Å²) in [6.45, 7) is 7.65. The largest absolute Gasteiger partial charge is 0.496 e. The first-order chi connectivity index (χ1) is 10.2. The lowest BCUT2D eigenvalue weighted by atomic mass is 9.98. The van der Waals surface area contributed by atoms with Gasteiger partial charge in [0.1, 0.15) is 5.75 Å². The molecule has 0 amide bonds. The van der Waals surface area contributed by atoms with E-state index < -0.39 is 0 Å². The topological polar surface area (TPSA) is 21.3 Å². The lowest BCUT2D eigenvalue weighted by Gasteiger charge is -2.19. The van der Waals surface area contributed by atoms with E-state index in [0.717, 1.165) is 18.7 Å². The van der Waals surface area contributed by atoms with E-state index in [4.69, 9.17) is 4.74 Å². The monoisotopic (exact) mass is 291 g/mol. The van der Waals surface area contributed by atoms with Crippen molar-refractivity contribution in [3.8, 4) is 5.75 Å². The highest BCUT2D eigenvalue weighted by molar-refractivity contribution is 5.37. The predicted molar refractivity (Wildman–Crippen MR) is 92.3 cm³/mol. The van der Waals surface area contributed by atoms with Crippen molar-refractivity contribution < 1.29 is 4.74 Å². The summed E-state index contributed by atoms with van der Waals surface area (Å²) in [7, 11) is 1.77. The van der Waals surface area contributed by atoms with Gasteiger partial charge < -0.3 is 10.1 Å². The Hall–Kier alpha value is -1.02. The number of benzene rings is 1. The molecule has 2 nitrogen and oxygen atoms in total. The summed E-state index contributed by atoms with van der Waals surface area (Å²) in [6, 6.07) is 7.04. The summed E-state index contributed by atoms with van der Waals surface area (Å²) in [5, 5.41) is 3.64. The van der Waals surface area contributed by atoms with E-state index in [2.05, 4.69) is 44.3 Å². The number of rotatable bonds is 11. The highest BCUT2D eigenvalue weighted by atomic mass is 16.5. The Kier molecular flexibility index (Phi) is 9.16. The second kappa shape index (κ2) is 10.7. The summed E-state index contributed by atoms with van der Waals surface area (Å²) in [5.41, 5.74) is 2.64. The molecule has 1 atom stereocenters. The first-order valence-electron chi connectivity index (χ1n) is 8.58. The molecule has 1 aromatic carbocycles. The van der Waals surface area contributed by atoms with E-state index in [9.17, 15) is 0 Å². The van der Waals surface area contributed by atoms with Crippen LogP contribution < -0.4 is 10.1 Å². The van der Waals surface area contributed by atoms with Crippen molar-refractivity contribution >= 4 is 0 Å². The van der Waals surface area contributed by atoms with E-state index in [1.54, 1.807) is 7.11 Å². The molecule has 2 heteroatoms. The average molecular weight is 291 g/mol. The smallest absolute Gasteiger partial charge is 0.122 e. The third kappa shape index (κ3) is 6.99. The van der Waals surface area contributed by atoms with Gasteiger partial charge in [-0.3, -0.25) is 0 Å². The Morgan fingerprint density at radius 2 is 1.86 bits per heavy atom. The molecule has 0 saturated heterocycles. The number of hydrogen-bond acceptors (Lipinski definition) is 2. The molecule has 0 heterocycles. The van der Waals surface area contributed by atoms with Gasteiger partial charge in [0.2, 0.25) is 0 Å². The van der Waals surface area contributed by atoms with Crippen LogP contribution >= 0.6 is 0 Å². The summed E-state index contributed by atoms with van der Waals surface area (Å²) in [5.74, 6) is 1.02. The van der Waals surface area contributed by atoms with E-state index in [1.165, 1.54) is 49.7 Å². The van der Waals surface area contributed by atoms with E-state index >= 15 is 0 Å². The summed E-state index contributed by atoms with van der Waals surface area (Å²) >= 11 is 0. The van der Waals surface area contributed by atoms with Gasteiger partial charge in [-0.15, -0.1) is 0 Å². The summed E-state index contributed by atoms with van der Waals surface area (Å²) in [6.07, 6.45) is 9.07. The SMILES string of the molecule is CCCCCCCC(Cc1cc(C)ccc1OC)NCC. The van der Waals surface area contributed by atoms with Crippen molar-refractivity contribution in [2.24, 2.45) is 0 Å². The van der Waals surface area contributed by atoms with Gasteiger partial charge in [0.25, 0.3) is 0 Å². The van der Waals surface area contributed by atoms with Gasteiger partial charge in [0, 0.05) is 6.04 Å². The molecule has 0 saturated carbocycles. The van der Waals surface area contributed by atoms with Crippen molar-refractivity contribution in [3.05, 3.63) is 29.3 Å². The van der Waals surface area contributed by atoms with Crippen LogP contribution in [0.2, 0.25) is 0 Å². The zero-order chi connectivity index (χ0) is 15.5. The Labute approximate surface area is 131 Å². The Morgan fingerprint density at radius 1 is 1.10 bits per heavy atom. The molecule has 0 aliphatic heterocycles. The fourth-order valence-corrected chi connectivity index (χ4v) is 2.89. The molecule has 0 spiro atoms. The fraction of sp³-hybridized carbons (Fsp3) is 0.684. The Bertz CT molecular complexity index is 389. The highest BCUT2D eigenvalue weighted by Crippen LogP contribution is 2.22. The molecule has 0 aromatic heterocycles. The van der Waals surface area contributed by atoms with Gasteiger partial charge in [-0.2, -0.15) is 0 Å². The number of methoxy groups -OCH3 is 1. The van der Waals surface area contributed by atoms with E-state index in [1.807, 2.05) is 0 Å². The van der Waals surface area contributed by atoms with Gasteiger partial charge in [-0.25, -0.2) is 0 Å². The average Bonchev–Trinajstić information content (AvgIpc) is 2.47. The molecule has 0 fully saturated rings. The Morgan fingerprint density at radius 3 is 2.52 bits per heavy atom. The molecular weight excluding hydrogens is 258 g/mol. The van der Waals surface area contributed by atoms with Gasteiger partial charge in [0.05, 0.1) is 7.11 Å². The van der Waals surface area contributed by atoms with Crippen LogP contribution in [-0.4, -0.2) is 19.7 Å². The fourth-order valence-electron chi connectivity index (χ4n) is 2.89. The number of nitrogens with one attached hydrogen (secondary N) is 1. The number of unbranched alkanes of at least 4 members (excludes halogenated alkanes) is 4. The van der Waals surface area contributed by atoms with Crippen LogP contribution in [0.3, 0.4) is 0 Å². The van der Waals surface area contributed by atoms with Crippen LogP contribution in [-0.2, 0) is 6.42 Å². The van der Waals surface area contributed by atoms with Crippen LogP contribution in [0.15, 0.2) is 18.2 Å². The van der Waals surface area contributed by atoms with Gasteiger partial charge in [0.15, 0.2) is 0 Å². The zero-order valence-electron chi connectivity index (χ0n) is 14.4. The molecule has 0 radical (unpaired) electrons. The molecule has 1 unspecified atom stereocenters. The van der Waals surface area contributed by atoms with Crippen LogP contribution in [0.1, 0.15) is 63.5 Å². The highest BCUT2D eigenvalue weighted by Gasteiger charge is 2.12. The minimum Gasteiger partial charge on any atom is -0.496 e. The number of aryl methyl sites for hydroxylation is 1. The molecule has 0 bridgehead atoms. The molecule has 1 N–H and O–H groups in total. The zero-order valence-corrected chi connectivity index (χ0v) is 14.4. The maximum Gasteiger partial charge on any atom is 0.122 e. The quantitative estimate of drug-likeness (QED) is 0.586. The second-order valence-electron chi connectivity index (χ2n) is 5.98. The third-order valence-electron chi connectivity index (χ3n) is 4.05. The van der Waals surface area contributed by atoms with Crippen molar-refractivity contribution in [1.29, 1.82) is 0 Å². The molecule has 1 rings (SSSR count). The van der Waals surface area contributed by atoms with Crippen molar-refractivity contribution in [3.63, 3.8) is 0 Å². The molecule has 1 aromatic rings. The predicted octanol–water partition coefficient (Wildman–Crippen LogP) is 4.88. The lowest BCUT2D eigenvalue weighted by molar-refractivity contribution is 0.400. The van der Waals surface area contributed by atoms with Gasteiger partial charge >= 0.3 is 0 Å². The normalized spacial score (nSPS) is 12.4. The minimum atomic E-state index is 0.562. The minimum absolute atomic E-state index is 0.562. The first kappa shape index (κ1) is 18.0. The lowest BCUT2D eigenvalue weighted by Crippen LogP contribution is -2.31. The van der Waals surface area contributed by atoms with Gasteiger partial charge in [-0.05, 0) is 37.9 Å². The first-order valence-corrected chi connectivity index (χ1v) is 8.58. The van der Waals surface area contributed by atoms with E-state index in [-0.39, 0.29) is 0 Å². The summed E-state index contributed by atoms with van der Waals surface area (Å²) < 4.78 is 5.51. The van der Waals surface area contributed by atoms with Crippen LogP contribution in [0.25, 0.3) is 0 Å². The summed E-state index contributed by atoms with van der Waals surface area (Å²) in [4.78, 5) is 0. The standard InChI is InChI=1S/C19H33NO/c1-5-7-8-9-10-11-18(20-6-2)15-17-14-16(3)12-13-19(17)21-4/h12-14,18,20H,5-11,15H2,1-4H3. The number of hydrogen-bond donors (Lipinski definition) is 1. The number of likely N-dealkylation sites (N-methyl/N-ethyl adjacent to an activating group) is 1. The van der Waals surface area contributed by atoms with Crippen LogP contribution in [0, 0.1) is 6.92 Å². The van der Waals surface area contributed by atoms with Crippen molar-refractivity contribution in [1.82, 2.24) is 5.32 Å². The molecule has 0 aliphatic rings. The molecule has 0 aliphatic carbocycles. The molecular formula is C19H33NO. The molecule has 21 heavy (non-hydrogen) atoms. The van der Waals surface area contributed by atoms with Crippen LogP contribution in [0.4, 0.5) is 0 Å². The Balaban J connectivity index is 2.54. The van der Waals surface area contributed by atoms with Gasteiger partial charge in [-0.1, -0.05) is 63.6 Å². The number of ether oxygens (including phenoxy) is 1. The van der Waals surface area contributed by atoms with E-state index in [0.29, 0.717) is 6.04 Å². The van der Waals surface area contributed by atoms with Crippen LogP contribution in [0.5, 0.6) is 5.75 Å². The second-order valence-corrected chi connectivity index (χ2v) is 5.98. The third-order valence-corrected chi connectivity index (χ3v) is 4.05. The van der Waals surface area contributed by atoms with Crippen molar-refractivity contribution in [2.75, 3.05) is 13.7 Å². The van der Waals surface area contributed by atoms with Crippen molar-refractivity contribution in [2.45, 2.75) is 71.8 Å². The maximum absolute atomic E-state index is 5.51. The molecule has 120 valence electrons.